The van der Waals surface area contributed by atoms with Crippen LogP contribution in [0, 0.1) is 5.92 Å². The van der Waals surface area contributed by atoms with Gasteiger partial charge in [0.05, 0.1) is 12.4 Å². The van der Waals surface area contributed by atoms with E-state index in [4.69, 9.17) is 4.74 Å². The molecule has 2 atom stereocenters. The van der Waals surface area contributed by atoms with Gasteiger partial charge in [0, 0.05) is 6.42 Å². The summed E-state index contributed by atoms with van der Waals surface area (Å²) in [6, 6.07) is 0. The van der Waals surface area contributed by atoms with Crippen molar-refractivity contribution in [2.45, 2.75) is 39.8 Å². The molecule has 0 bridgehead atoms. The molecule has 0 saturated heterocycles. The Morgan fingerprint density at radius 2 is 2.36 bits per heavy atom. The van der Waals surface area contributed by atoms with Crippen LogP contribution >= 0.6 is 0 Å². The maximum atomic E-state index is 13.4. The van der Waals surface area contributed by atoms with Gasteiger partial charge in [0.1, 0.15) is 6.17 Å². The SMILES string of the molecule is C=C(C)C(F)CC1=C(C)OCC(C)C1. The maximum Gasteiger partial charge on any atom is 0.124 e. The zero-order valence-electron chi connectivity index (χ0n) is 9.27. The molecule has 14 heavy (non-hydrogen) atoms. The van der Waals surface area contributed by atoms with E-state index in [0.29, 0.717) is 17.9 Å². The zero-order valence-corrected chi connectivity index (χ0v) is 9.27. The Morgan fingerprint density at radius 3 is 2.93 bits per heavy atom. The first-order chi connectivity index (χ1) is 6.50. The molecule has 0 aromatic rings. The number of hydrogen-bond acceptors (Lipinski definition) is 1. The van der Waals surface area contributed by atoms with E-state index in [0.717, 1.165) is 24.4 Å². The normalized spacial score (nSPS) is 24.4. The lowest BCUT2D eigenvalue weighted by Crippen LogP contribution is -2.16. The Balaban J connectivity index is 2.62. The summed E-state index contributed by atoms with van der Waals surface area (Å²) in [5.41, 5.74) is 1.71. The molecule has 1 aliphatic heterocycles. The predicted molar refractivity (Wildman–Crippen MR) is 56.8 cm³/mol. The van der Waals surface area contributed by atoms with Gasteiger partial charge in [-0.1, -0.05) is 13.5 Å². The molecule has 0 saturated carbocycles. The van der Waals surface area contributed by atoms with E-state index in [2.05, 4.69) is 13.5 Å². The average molecular weight is 198 g/mol. The van der Waals surface area contributed by atoms with E-state index in [9.17, 15) is 4.39 Å². The van der Waals surface area contributed by atoms with Crippen LogP contribution in [-0.2, 0) is 4.74 Å². The summed E-state index contributed by atoms with van der Waals surface area (Å²) in [5, 5.41) is 0. The van der Waals surface area contributed by atoms with Crippen molar-refractivity contribution in [3.63, 3.8) is 0 Å². The first kappa shape index (κ1) is 11.3. The highest BCUT2D eigenvalue weighted by molar-refractivity contribution is 5.14. The van der Waals surface area contributed by atoms with Crippen LogP contribution in [0.3, 0.4) is 0 Å². The second-order valence-electron chi connectivity index (χ2n) is 4.30. The van der Waals surface area contributed by atoms with Crippen molar-refractivity contribution < 1.29 is 9.13 Å². The molecular weight excluding hydrogens is 179 g/mol. The molecule has 0 radical (unpaired) electrons. The molecule has 1 aliphatic rings. The van der Waals surface area contributed by atoms with Crippen molar-refractivity contribution >= 4 is 0 Å². The van der Waals surface area contributed by atoms with E-state index < -0.39 is 6.17 Å². The molecule has 0 aromatic heterocycles. The molecule has 1 heterocycles. The summed E-state index contributed by atoms with van der Waals surface area (Å²) in [6.07, 6.45) is 0.485. The van der Waals surface area contributed by atoms with Crippen LogP contribution in [0.5, 0.6) is 0 Å². The summed E-state index contributed by atoms with van der Waals surface area (Å²) in [6.45, 7) is 10.2. The fourth-order valence-electron chi connectivity index (χ4n) is 1.61. The summed E-state index contributed by atoms with van der Waals surface area (Å²) in [4.78, 5) is 0. The molecule has 0 aromatic carbocycles. The van der Waals surface area contributed by atoms with Crippen LogP contribution in [0.15, 0.2) is 23.5 Å². The van der Waals surface area contributed by atoms with Gasteiger partial charge in [-0.25, -0.2) is 4.39 Å². The highest BCUT2D eigenvalue weighted by Gasteiger charge is 2.20. The highest BCUT2D eigenvalue weighted by Crippen LogP contribution is 2.28. The van der Waals surface area contributed by atoms with Gasteiger partial charge in [0.25, 0.3) is 0 Å². The fourth-order valence-corrected chi connectivity index (χ4v) is 1.61. The third-order valence-electron chi connectivity index (χ3n) is 2.64. The highest BCUT2D eigenvalue weighted by atomic mass is 19.1. The Hall–Kier alpha value is -0.790. The first-order valence-electron chi connectivity index (χ1n) is 5.11. The minimum absolute atomic E-state index is 0.450. The predicted octanol–water partition coefficient (Wildman–Crippen LogP) is 3.62. The van der Waals surface area contributed by atoms with Gasteiger partial charge in [-0.15, -0.1) is 0 Å². The quantitative estimate of drug-likeness (QED) is 0.629. The number of allylic oxidation sites excluding steroid dienone is 3. The van der Waals surface area contributed by atoms with Crippen molar-refractivity contribution in [1.82, 2.24) is 0 Å². The van der Waals surface area contributed by atoms with E-state index in [1.54, 1.807) is 6.92 Å². The Bertz CT molecular complexity index is 255. The van der Waals surface area contributed by atoms with E-state index in [1.165, 1.54) is 0 Å². The summed E-state index contributed by atoms with van der Waals surface area (Å²) < 4.78 is 18.9. The van der Waals surface area contributed by atoms with Crippen molar-refractivity contribution in [2.75, 3.05) is 6.61 Å². The maximum absolute atomic E-state index is 13.4. The zero-order chi connectivity index (χ0) is 10.7. The topological polar surface area (TPSA) is 9.23 Å². The summed E-state index contributed by atoms with van der Waals surface area (Å²) >= 11 is 0. The van der Waals surface area contributed by atoms with Crippen molar-refractivity contribution in [2.24, 2.45) is 5.92 Å². The average Bonchev–Trinajstić information content (AvgIpc) is 2.11. The van der Waals surface area contributed by atoms with Crippen LogP contribution in [-0.4, -0.2) is 12.8 Å². The molecule has 80 valence electrons. The number of ether oxygens (including phenoxy) is 1. The van der Waals surface area contributed by atoms with Crippen molar-refractivity contribution in [3.05, 3.63) is 23.5 Å². The summed E-state index contributed by atoms with van der Waals surface area (Å²) in [7, 11) is 0. The number of rotatable bonds is 3. The van der Waals surface area contributed by atoms with Gasteiger partial charge in [0.2, 0.25) is 0 Å². The van der Waals surface area contributed by atoms with Crippen molar-refractivity contribution in [1.29, 1.82) is 0 Å². The smallest absolute Gasteiger partial charge is 0.124 e. The van der Waals surface area contributed by atoms with Gasteiger partial charge in [-0.2, -0.15) is 0 Å². The van der Waals surface area contributed by atoms with E-state index in [-0.39, 0.29) is 0 Å². The Morgan fingerprint density at radius 1 is 1.71 bits per heavy atom. The number of halogens is 1. The molecule has 2 unspecified atom stereocenters. The number of hydrogen-bond donors (Lipinski definition) is 0. The molecule has 1 nitrogen and oxygen atoms in total. The molecule has 2 heteroatoms. The van der Waals surface area contributed by atoms with Crippen LogP contribution in [0.25, 0.3) is 0 Å². The molecule has 0 amide bonds. The largest absolute Gasteiger partial charge is 0.498 e. The van der Waals surface area contributed by atoms with E-state index >= 15 is 0 Å². The Kier molecular flexibility index (Phi) is 3.73. The van der Waals surface area contributed by atoms with Gasteiger partial charge < -0.3 is 4.74 Å². The third kappa shape index (κ3) is 2.86. The molecule has 0 aliphatic carbocycles. The minimum Gasteiger partial charge on any atom is -0.498 e. The molecule has 1 rings (SSSR count). The van der Waals surface area contributed by atoms with Crippen LogP contribution in [0.2, 0.25) is 0 Å². The monoisotopic (exact) mass is 198 g/mol. The van der Waals surface area contributed by atoms with Crippen LogP contribution in [0.1, 0.15) is 33.6 Å². The van der Waals surface area contributed by atoms with Gasteiger partial charge in [0.15, 0.2) is 0 Å². The van der Waals surface area contributed by atoms with Gasteiger partial charge in [-0.05, 0) is 37.3 Å². The molecule has 0 N–H and O–H groups in total. The van der Waals surface area contributed by atoms with Gasteiger partial charge >= 0.3 is 0 Å². The third-order valence-corrected chi connectivity index (χ3v) is 2.64. The second-order valence-corrected chi connectivity index (χ2v) is 4.30. The standard InChI is InChI=1S/C12H19FO/c1-8(2)12(13)6-11-5-9(3)7-14-10(11)4/h9,12H,1,5-7H2,2-4H3. The first-order valence-corrected chi connectivity index (χ1v) is 5.11. The molecule has 0 fully saturated rings. The Labute approximate surface area is 85.6 Å². The molecule has 0 spiro atoms. The van der Waals surface area contributed by atoms with E-state index in [1.807, 2.05) is 6.92 Å². The van der Waals surface area contributed by atoms with Gasteiger partial charge in [-0.3, -0.25) is 0 Å². The lowest BCUT2D eigenvalue weighted by Gasteiger charge is -2.25. The lowest BCUT2D eigenvalue weighted by atomic mass is 9.93. The van der Waals surface area contributed by atoms with Crippen LogP contribution < -0.4 is 0 Å². The fraction of sp³-hybridized carbons (Fsp3) is 0.667. The summed E-state index contributed by atoms with van der Waals surface area (Å²) in [5.74, 6) is 1.41. The second kappa shape index (κ2) is 4.63. The lowest BCUT2D eigenvalue weighted by molar-refractivity contribution is 0.145. The minimum atomic E-state index is -0.922. The number of alkyl halides is 1. The van der Waals surface area contributed by atoms with Crippen molar-refractivity contribution in [3.8, 4) is 0 Å². The van der Waals surface area contributed by atoms with Crippen LogP contribution in [0.4, 0.5) is 4.39 Å². The molecular formula is C12H19FO.